The molecule has 0 aliphatic carbocycles. The Bertz CT molecular complexity index is 937. The molecule has 0 radical (unpaired) electrons. The average molecular weight is 345 g/mol. The monoisotopic (exact) mass is 345 g/mol. The van der Waals surface area contributed by atoms with Crippen molar-refractivity contribution in [1.82, 2.24) is 13.9 Å². The van der Waals surface area contributed by atoms with E-state index in [4.69, 9.17) is 0 Å². The second kappa shape index (κ2) is 5.53. The smallest absolute Gasteiger partial charge is 0.251 e. The first kappa shape index (κ1) is 15.5. The maximum absolute atomic E-state index is 12.6. The number of hydrogen-bond donors (Lipinski definition) is 0. The number of piperidine rings is 1. The SMILES string of the molecule is CS(=O)(=O)N1C[C@@H]2C[C@H](C1)c1cc(-c3ccccn3)cc(=O)n1C2. The standard InChI is InChI=1S/C17H19N3O3S/c1-24(22,23)19-9-12-6-14(11-19)16-7-13(8-17(21)20(16)10-12)15-4-2-3-5-18-15/h2-5,7-8,12,14H,6,9-11H2,1H3/t12-,14+/m0/s1. The third-order valence-corrected chi connectivity index (χ3v) is 6.19. The van der Waals surface area contributed by atoms with Gasteiger partial charge in [-0.1, -0.05) is 6.07 Å². The molecule has 1 saturated heterocycles. The number of aromatic nitrogens is 2. The Balaban J connectivity index is 1.79. The molecule has 0 spiro atoms. The minimum atomic E-state index is -3.21. The summed E-state index contributed by atoms with van der Waals surface area (Å²) in [6, 6.07) is 9.23. The predicted octanol–water partition coefficient (Wildman–Crippen LogP) is 1.29. The van der Waals surface area contributed by atoms with Crippen molar-refractivity contribution >= 4 is 10.0 Å². The normalized spacial score (nSPS) is 23.7. The molecule has 126 valence electrons. The van der Waals surface area contributed by atoms with Crippen molar-refractivity contribution in [3.63, 3.8) is 0 Å². The summed E-state index contributed by atoms with van der Waals surface area (Å²) in [6.45, 7) is 1.53. The van der Waals surface area contributed by atoms with Gasteiger partial charge >= 0.3 is 0 Å². The Hall–Kier alpha value is -1.99. The van der Waals surface area contributed by atoms with Gasteiger partial charge in [0.25, 0.3) is 5.56 Å². The van der Waals surface area contributed by atoms with Gasteiger partial charge in [0.1, 0.15) is 0 Å². The maximum Gasteiger partial charge on any atom is 0.251 e. The van der Waals surface area contributed by atoms with E-state index in [1.807, 2.05) is 28.8 Å². The zero-order valence-corrected chi connectivity index (χ0v) is 14.2. The van der Waals surface area contributed by atoms with Gasteiger partial charge in [-0.05, 0) is 30.5 Å². The third kappa shape index (κ3) is 2.67. The fourth-order valence-corrected chi connectivity index (χ4v) is 4.80. The van der Waals surface area contributed by atoms with Crippen LogP contribution in [0.2, 0.25) is 0 Å². The maximum atomic E-state index is 12.6. The van der Waals surface area contributed by atoms with Crippen LogP contribution in [0.1, 0.15) is 18.0 Å². The second-order valence-electron chi connectivity index (χ2n) is 6.71. The zero-order valence-electron chi connectivity index (χ0n) is 13.4. The lowest BCUT2D eigenvalue weighted by molar-refractivity contribution is 0.187. The fourth-order valence-electron chi connectivity index (χ4n) is 3.87. The largest absolute Gasteiger partial charge is 0.312 e. The molecule has 4 heterocycles. The Morgan fingerprint density at radius 3 is 2.71 bits per heavy atom. The van der Waals surface area contributed by atoms with Crippen molar-refractivity contribution in [2.45, 2.75) is 18.9 Å². The summed E-state index contributed by atoms with van der Waals surface area (Å²) < 4.78 is 27.2. The molecule has 0 N–H and O–H groups in total. The van der Waals surface area contributed by atoms with Crippen molar-refractivity contribution in [3.05, 3.63) is 52.6 Å². The van der Waals surface area contributed by atoms with Crippen LogP contribution in [0.5, 0.6) is 0 Å². The zero-order chi connectivity index (χ0) is 16.9. The lowest BCUT2D eigenvalue weighted by Crippen LogP contribution is -2.48. The summed E-state index contributed by atoms with van der Waals surface area (Å²) >= 11 is 0. The molecule has 0 unspecified atom stereocenters. The molecule has 6 nitrogen and oxygen atoms in total. The molecular weight excluding hydrogens is 326 g/mol. The topological polar surface area (TPSA) is 72.3 Å². The Morgan fingerprint density at radius 1 is 1.17 bits per heavy atom. The lowest BCUT2D eigenvalue weighted by Gasteiger charge is -2.41. The van der Waals surface area contributed by atoms with Crippen molar-refractivity contribution < 1.29 is 8.42 Å². The van der Waals surface area contributed by atoms with Crippen LogP contribution in [-0.4, -0.2) is 41.6 Å². The number of sulfonamides is 1. The molecule has 2 aliphatic heterocycles. The van der Waals surface area contributed by atoms with E-state index in [2.05, 4.69) is 4.98 Å². The molecule has 0 amide bonds. The lowest BCUT2D eigenvalue weighted by atomic mass is 9.83. The second-order valence-corrected chi connectivity index (χ2v) is 8.69. The number of pyridine rings is 2. The van der Waals surface area contributed by atoms with E-state index in [1.54, 1.807) is 16.6 Å². The van der Waals surface area contributed by atoms with E-state index >= 15 is 0 Å². The molecule has 0 aromatic carbocycles. The van der Waals surface area contributed by atoms with Crippen molar-refractivity contribution in [1.29, 1.82) is 0 Å². The highest BCUT2D eigenvalue weighted by atomic mass is 32.2. The third-order valence-electron chi connectivity index (χ3n) is 4.95. The molecule has 2 aliphatic rings. The first-order chi connectivity index (χ1) is 11.4. The van der Waals surface area contributed by atoms with Gasteiger partial charge in [0.05, 0.1) is 11.9 Å². The summed E-state index contributed by atoms with van der Waals surface area (Å²) in [5.74, 6) is 0.257. The van der Waals surface area contributed by atoms with Gasteiger partial charge < -0.3 is 4.57 Å². The van der Waals surface area contributed by atoms with Crippen LogP contribution in [0.4, 0.5) is 0 Å². The summed E-state index contributed by atoms with van der Waals surface area (Å²) in [5, 5.41) is 0. The molecule has 2 atom stereocenters. The Labute approximate surface area is 140 Å². The quantitative estimate of drug-likeness (QED) is 0.822. The van der Waals surface area contributed by atoms with E-state index in [-0.39, 0.29) is 17.4 Å². The van der Waals surface area contributed by atoms with Crippen LogP contribution in [0.15, 0.2) is 41.3 Å². The van der Waals surface area contributed by atoms with Gasteiger partial charge in [0.2, 0.25) is 10.0 Å². The average Bonchev–Trinajstić information content (AvgIpc) is 2.55. The predicted molar refractivity (Wildman–Crippen MR) is 91.2 cm³/mol. The molecular formula is C17H19N3O3S. The first-order valence-electron chi connectivity index (χ1n) is 8.03. The van der Waals surface area contributed by atoms with Crippen LogP contribution in [0.25, 0.3) is 11.3 Å². The molecule has 0 saturated carbocycles. The number of hydrogen-bond acceptors (Lipinski definition) is 4. The van der Waals surface area contributed by atoms with Gasteiger partial charge in [0.15, 0.2) is 0 Å². The summed E-state index contributed by atoms with van der Waals surface area (Å²) in [4.78, 5) is 16.9. The van der Waals surface area contributed by atoms with Gasteiger partial charge in [-0.25, -0.2) is 12.7 Å². The molecule has 2 bridgehead atoms. The highest BCUT2D eigenvalue weighted by Gasteiger charge is 2.37. The first-order valence-corrected chi connectivity index (χ1v) is 9.88. The van der Waals surface area contributed by atoms with Gasteiger partial charge in [-0.15, -0.1) is 0 Å². The van der Waals surface area contributed by atoms with Gasteiger partial charge in [-0.2, -0.15) is 0 Å². The molecule has 7 heteroatoms. The summed E-state index contributed by atoms with van der Waals surface area (Å²) in [7, 11) is -3.21. The highest BCUT2D eigenvalue weighted by Crippen LogP contribution is 2.37. The van der Waals surface area contributed by atoms with E-state index < -0.39 is 10.0 Å². The van der Waals surface area contributed by atoms with Gasteiger partial charge in [0, 0.05) is 49.1 Å². The summed E-state index contributed by atoms with van der Waals surface area (Å²) in [5.41, 5.74) is 2.45. The fraction of sp³-hybridized carbons (Fsp3) is 0.412. The molecule has 2 aromatic rings. The number of rotatable bonds is 2. The van der Waals surface area contributed by atoms with Crippen LogP contribution < -0.4 is 5.56 Å². The molecule has 4 rings (SSSR count). The van der Waals surface area contributed by atoms with E-state index in [0.29, 0.717) is 19.6 Å². The molecule has 2 aromatic heterocycles. The van der Waals surface area contributed by atoms with Crippen LogP contribution in [0.3, 0.4) is 0 Å². The molecule has 1 fully saturated rings. The van der Waals surface area contributed by atoms with E-state index in [9.17, 15) is 13.2 Å². The van der Waals surface area contributed by atoms with Crippen LogP contribution in [0, 0.1) is 5.92 Å². The summed E-state index contributed by atoms with van der Waals surface area (Å²) in [6.07, 6.45) is 3.89. The van der Waals surface area contributed by atoms with Crippen molar-refractivity contribution in [3.8, 4) is 11.3 Å². The van der Waals surface area contributed by atoms with Gasteiger partial charge in [-0.3, -0.25) is 9.78 Å². The van der Waals surface area contributed by atoms with Crippen LogP contribution in [-0.2, 0) is 16.6 Å². The number of nitrogens with zero attached hydrogens (tertiary/aromatic N) is 3. The molecule has 24 heavy (non-hydrogen) atoms. The highest BCUT2D eigenvalue weighted by molar-refractivity contribution is 7.88. The minimum Gasteiger partial charge on any atom is -0.312 e. The van der Waals surface area contributed by atoms with E-state index in [0.717, 1.165) is 23.4 Å². The van der Waals surface area contributed by atoms with Crippen LogP contribution >= 0.6 is 0 Å². The van der Waals surface area contributed by atoms with E-state index in [1.165, 1.54) is 6.26 Å². The Morgan fingerprint density at radius 2 is 2.00 bits per heavy atom. The van der Waals surface area contributed by atoms with Crippen molar-refractivity contribution in [2.75, 3.05) is 19.3 Å². The Kier molecular flexibility index (Phi) is 3.58. The number of fused-ring (bicyclic) bond motifs is 4. The van der Waals surface area contributed by atoms with Crippen molar-refractivity contribution in [2.24, 2.45) is 5.92 Å². The minimum absolute atomic E-state index is 0.0318.